The molecule has 2 aromatic heterocycles. The predicted molar refractivity (Wildman–Crippen MR) is 146 cm³/mol. The normalized spacial score (nSPS) is 15.8. The quantitative estimate of drug-likeness (QED) is 0.136. The van der Waals surface area contributed by atoms with Gasteiger partial charge in [0, 0.05) is 52.1 Å². The Bertz CT molecular complexity index is 1580. The molecule has 0 saturated carbocycles. The Labute approximate surface area is 225 Å². The molecule has 1 unspecified atom stereocenters. The van der Waals surface area contributed by atoms with E-state index in [1.165, 1.54) is 4.90 Å². The Morgan fingerprint density at radius 1 is 1.03 bits per heavy atom. The first-order chi connectivity index (χ1) is 18.9. The van der Waals surface area contributed by atoms with Crippen molar-refractivity contribution >= 4 is 22.8 Å². The van der Waals surface area contributed by atoms with Crippen molar-refractivity contribution in [2.45, 2.75) is 31.5 Å². The first kappa shape index (κ1) is 26.0. The lowest BCUT2D eigenvalue weighted by Crippen LogP contribution is -2.47. The summed E-state index contributed by atoms with van der Waals surface area (Å²) in [7, 11) is 0. The van der Waals surface area contributed by atoms with Gasteiger partial charge in [-0.1, -0.05) is 24.0 Å². The fourth-order valence-corrected chi connectivity index (χ4v) is 4.72. The number of aliphatic carboxylic acids is 1. The Kier molecular flexibility index (Phi) is 7.61. The van der Waals surface area contributed by atoms with Crippen LogP contribution in [0.1, 0.15) is 52.5 Å². The maximum absolute atomic E-state index is 12.9. The maximum atomic E-state index is 12.9. The number of pyridine rings is 2. The fourth-order valence-electron chi connectivity index (χ4n) is 4.72. The molecule has 1 aliphatic heterocycles. The van der Waals surface area contributed by atoms with E-state index in [0.29, 0.717) is 40.7 Å². The summed E-state index contributed by atoms with van der Waals surface area (Å²) in [6.07, 6.45) is 4.31. The molecule has 1 fully saturated rings. The monoisotopic (exact) mass is 521 g/mol. The number of aliphatic hydroxyl groups is 1. The highest BCUT2D eigenvalue weighted by atomic mass is 16.4. The predicted octanol–water partition coefficient (Wildman–Crippen LogP) is 3.23. The fraction of sp³-hybridized carbons (Fsp3) is 0.200. The number of fused-ring (bicyclic) bond motifs is 1. The molecule has 0 radical (unpaired) electrons. The lowest BCUT2D eigenvalue weighted by atomic mass is 10.0. The number of carbonyl (C=O) groups excluding carboxylic acids is 1. The van der Waals surface area contributed by atoms with Crippen LogP contribution in [-0.4, -0.2) is 49.5 Å². The number of likely N-dealkylation sites (tertiary alicyclic amines) is 1. The second-order valence-electron chi connectivity index (χ2n) is 9.31. The van der Waals surface area contributed by atoms with E-state index in [-0.39, 0.29) is 5.91 Å². The van der Waals surface area contributed by atoms with Gasteiger partial charge < -0.3 is 15.1 Å². The minimum absolute atomic E-state index is 0.270. The highest BCUT2D eigenvalue weighted by Gasteiger charge is 2.32. The Hall–Kier alpha value is -4.62. The van der Waals surface area contributed by atoms with Gasteiger partial charge in [-0.05, 0) is 67.8 Å². The van der Waals surface area contributed by atoms with Gasteiger partial charge in [-0.25, -0.2) is 15.2 Å². The number of nitrogens with two attached hydrogens (primary N) is 1. The van der Waals surface area contributed by atoms with Crippen molar-refractivity contribution in [3.8, 4) is 23.1 Å². The molecule has 0 bridgehead atoms. The molecule has 2 atom stereocenters. The average Bonchev–Trinajstić information content (AvgIpc) is 2.99. The van der Waals surface area contributed by atoms with E-state index < -0.39 is 18.2 Å². The molecule has 4 aromatic rings. The molecule has 0 aliphatic carbocycles. The first-order valence-corrected chi connectivity index (χ1v) is 12.6. The summed E-state index contributed by atoms with van der Waals surface area (Å²) in [6, 6.07) is 17.3. The van der Waals surface area contributed by atoms with Crippen molar-refractivity contribution in [2.75, 3.05) is 6.54 Å². The number of carboxylic acid groups (broad SMARTS) is 1. The van der Waals surface area contributed by atoms with E-state index in [9.17, 15) is 19.8 Å². The number of nitrogens with one attached hydrogen (secondary N) is 1. The third-order valence-electron chi connectivity index (χ3n) is 6.81. The van der Waals surface area contributed by atoms with Crippen LogP contribution in [-0.2, 0) is 4.79 Å². The number of aromatic nitrogens is 2. The summed E-state index contributed by atoms with van der Waals surface area (Å²) < 4.78 is 0. The topological polar surface area (TPSA) is 142 Å². The second kappa shape index (κ2) is 11.4. The van der Waals surface area contributed by atoms with Crippen LogP contribution in [0.5, 0.6) is 0 Å². The third kappa shape index (κ3) is 5.63. The summed E-state index contributed by atoms with van der Waals surface area (Å²) in [6.45, 7) is 0.449. The van der Waals surface area contributed by atoms with Crippen LogP contribution in [0.25, 0.3) is 22.2 Å². The standard InChI is InChI=1S/C30H27N5O4/c31-34-28(36)23-17-26(33-25-14-15-32-18-24(23)25)21-10-6-19(7-11-21)4-5-20-8-12-22(13-9-20)29(37)35-16-2-1-3-27(35)30(38)39/h6-15,17-18,27-28,34,36H,1-3,16,31H2,(H,38,39)/t27?,28-/m1/s1. The van der Waals surface area contributed by atoms with Gasteiger partial charge in [-0.3, -0.25) is 15.6 Å². The van der Waals surface area contributed by atoms with Crippen LogP contribution >= 0.6 is 0 Å². The average molecular weight is 522 g/mol. The number of rotatable bonds is 5. The van der Waals surface area contributed by atoms with Gasteiger partial charge in [-0.2, -0.15) is 0 Å². The summed E-state index contributed by atoms with van der Waals surface area (Å²) in [5, 5.41) is 20.5. The molecule has 1 aliphatic rings. The molecule has 39 heavy (non-hydrogen) atoms. The highest BCUT2D eigenvalue weighted by Crippen LogP contribution is 2.27. The zero-order valence-corrected chi connectivity index (χ0v) is 21.0. The Morgan fingerprint density at radius 3 is 2.38 bits per heavy atom. The van der Waals surface area contributed by atoms with Crippen molar-refractivity contribution in [1.29, 1.82) is 0 Å². The number of hydrazine groups is 1. The van der Waals surface area contributed by atoms with Crippen molar-refractivity contribution in [3.63, 3.8) is 0 Å². The lowest BCUT2D eigenvalue weighted by Gasteiger charge is -2.33. The van der Waals surface area contributed by atoms with E-state index in [1.54, 1.807) is 48.8 Å². The molecule has 9 heteroatoms. The molecule has 1 saturated heterocycles. The lowest BCUT2D eigenvalue weighted by molar-refractivity contribution is -0.143. The highest BCUT2D eigenvalue weighted by molar-refractivity contribution is 5.96. The molecule has 5 N–H and O–H groups in total. The van der Waals surface area contributed by atoms with E-state index in [1.807, 2.05) is 24.3 Å². The smallest absolute Gasteiger partial charge is 0.326 e. The van der Waals surface area contributed by atoms with Crippen LogP contribution in [0, 0.1) is 11.8 Å². The number of piperidine rings is 1. The van der Waals surface area contributed by atoms with Gasteiger partial charge in [-0.15, -0.1) is 0 Å². The number of hydrogen-bond donors (Lipinski definition) is 4. The zero-order chi connectivity index (χ0) is 27.4. The summed E-state index contributed by atoms with van der Waals surface area (Å²) in [5.41, 5.74) is 7.15. The minimum atomic E-state index is -1.07. The largest absolute Gasteiger partial charge is 0.480 e. The van der Waals surface area contributed by atoms with Gasteiger partial charge in [0.2, 0.25) is 0 Å². The van der Waals surface area contributed by atoms with Crippen molar-refractivity contribution < 1.29 is 19.8 Å². The van der Waals surface area contributed by atoms with Crippen LogP contribution in [0.2, 0.25) is 0 Å². The molecule has 3 heterocycles. The zero-order valence-electron chi connectivity index (χ0n) is 21.0. The minimum Gasteiger partial charge on any atom is -0.480 e. The molecule has 0 spiro atoms. The van der Waals surface area contributed by atoms with Crippen LogP contribution in [0.3, 0.4) is 0 Å². The number of hydrogen-bond acceptors (Lipinski definition) is 7. The van der Waals surface area contributed by atoms with Crippen molar-refractivity contribution in [1.82, 2.24) is 20.3 Å². The molecular formula is C30H27N5O4. The van der Waals surface area contributed by atoms with Crippen molar-refractivity contribution in [3.05, 3.63) is 95.3 Å². The van der Waals surface area contributed by atoms with Gasteiger partial charge >= 0.3 is 5.97 Å². The third-order valence-corrected chi connectivity index (χ3v) is 6.81. The maximum Gasteiger partial charge on any atom is 0.326 e. The number of nitrogens with zero attached hydrogens (tertiary/aromatic N) is 3. The van der Waals surface area contributed by atoms with Crippen molar-refractivity contribution in [2.24, 2.45) is 5.84 Å². The van der Waals surface area contributed by atoms with E-state index in [2.05, 4.69) is 22.3 Å². The molecule has 9 nitrogen and oxygen atoms in total. The first-order valence-electron chi connectivity index (χ1n) is 12.6. The number of amides is 1. The molecular weight excluding hydrogens is 494 g/mol. The summed E-state index contributed by atoms with van der Waals surface area (Å²) in [4.78, 5) is 34.7. The van der Waals surface area contributed by atoms with Crippen LogP contribution in [0.15, 0.2) is 73.1 Å². The Morgan fingerprint density at radius 2 is 1.72 bits per heavy atom. The van der Waals surface area contributed by atoms with E-state index in [0.717, 1.165) is 29.5 Å². The van der Waals surface area contributed by atoms with Crippen LogP contribution in [0.4, 0.5) is 0 Å². The van der Waals surface area contributed by atoms with Gasteiger partial charge in [0.1, 0.15) is 12.3 Å². The second-order valence-corrected chi connectivity index (χ2v) is 9.31. The van der Waals surface area contributed by atoms with Gasteiger partial charge in [0.05, 0.1) is 11.2 Å². The number of aliphatic hydroxyl groups excluding tert-OH is 1. The summed E-state index contributed by atoms with van der Waals surface area (Å²) >= 11 is 0. The van der Waals surface area contributed by atoms with Gasteiger partial charge in [0.25, 0.3) is 5.91 Å². The summed E-state index contributed by atoms with van der Waals surface area (Å²) in [5.74, 6) is 10.5. The number of carbonyl (C=O) groups is 2. The number of carboxylic acids is 1. The molecule has 5 rings (SSSR count). The molecule has 1 amide bonds. The number of benzene rings is 2. The Balaban J connectivity index is 1.32. The van der Waals surface area contributed by atoms with E-state index in [4.69, 9.17) is 10.8 Å². The molecule has 2 aromatic carbocycles. The van der Waals surface area contributed by atoms with E-state index >= 15 is 0 Å². The SMILES string of the molecule is NN[C@H](O)c1cc(-c2ccc(C#Cc3ccc(C(=O)N4CCCCC4C(=O)O)cc3)cc2)nc2ccncc12. The molecule has 196 valence electrons. The van der Waals surface area contributed by atoms with Gasteiger partial charge in [0.15, 0.2) is 0 Å². The van der Waals surface area contributed by atoms with Crippen LogP contribution < -0.4 is 11.3 Å².